The van der Waals surface area contributed by atoms with Gasteiger partial charge >= 0.3 is 0 Å². The van der Waals surface area contributed by atoms with Crippen molar-refractivity contribution < 1.29 is 14.2 Å². The molecular weight excluding hydrogens is 306 g/mol. The maximum Gasteiger partial charge on any atom is 0.203 e. The number of nitrogens with one attached hydrogen (secondary N) is 1. The van der Waals surface area contributed by atoms with E-state index in [0.29, 0.717) is 35.4 Å². The lowest BCUT2D eigenvalue weighted by molar-refractivity contribution is 0.325. The van der Waals surface area contributed by atoms with Crippen molar-refractivity contribution >= 4 is 0 Å². The number of H-pyrrole nitrogens is 1. The second-order valence-corrected chi connectivity index (χ2v) is 5.74. The average molecular weight is 327 g/mol. The van der Waals surface area contributed by atoms with Gasteiger partial charge in [-0.3, -0.25) is 0 Å². The molecule has 6 heteroatoms. The van der Waals surface area contributed by atoms with Crippen molar-refractivity contribution in [1.29, 1.82) is 5.26 Å². The highest BCUT2D eigenvalue weighted by molar-refractivity contribution is 5.82. The monoisotopic (exact) mass is 327 g/mol. The Kier molecular flexibility index (Phi) is 4.36. The van der Waals surface area contributed by atoms with E-state index in [2.05, 4.69) is 11.1 Å². The van der Waals surface area contributed by atoms with E-state index in [-0.39, 0.29) is 0 Å². The first kappa shape index (κ1) is 16.2. The van der Waals surface area contributed by atoms with Gasteiger partial charge in [-0.2, -0.15) is 5.26 Å². The normalized spacial score (nSPS) is 13.5. The number of nitrogens with two attached hydrogens (primary N) is 1. The van der Waals surface area contributed by atoms with Gasteiger partial charge < -0.3 is 24.9 Å². The molecule has 0 amide bonds. The summed E-state index contributed by atoms with van der Waals surface area (Å²) < 4.78 is 16.5. The summed E-state index contributed by atoms with van der Waals surface area (Å²) in [5.41, 5.74) is 10.2. The van der Waals surface area contributed by atoms with Crippen molar-refractivity contribution in [2.75, 3.05) is 21.3 Å². The lowest BCUT2D eigenvalue weighted by Gasteiger charge is -2.17. The van der Waals surface area contributed by atoms with Gasteiger partial charge in [-0.05, 0) is 36.5 Å². The molecule has 2 aromatic rings. The standard InChI is InChI=1S/C18H21N3O3/c1-22-14-7-6-11(17(23-2)18(14)24-3)16-13(9-20)21-12(8-19)15(16)10-4-5-10/h6-7,10,21H,4-5,9,20H2,1-3H3. The van der Waals surface area contributed by atoms with E-state index in [0.717, 1.165) is 35.2 Å². The summed E-state index contributed by atoms with van der Waals surface area (Å²) in [6.07, 6.45) is 2.16. The van der Waals surface area contributed by atoms with Gasteiger partial charge in [0.25, 0.3) is 0 Å². The second kappa shape index (κ2) is 6.46. The van der Waals surface area contributed by atoms with Gasteiger partial charge in [0.1, 0.15) is 11.8 Å². The van der Waals surface area contributed by atoms with Crippen LogP contribution in [0.5, 0.6) is 17.2 Å². The molecule has 0 spiro atoms. The first-order chi connectivity index (χ1) is 11.7. The minimum absolute atomic E-state index is 0.314. The molecule has 0 bridgehead atoms. The van der Waals surface area contributed by atoms with Crippen LogP contribution in [0.25, 0.3) is 11.1 Å². The summed E-state index contributed by atoms with van der Waals surface area (Å²) in [5, 5.41) is 9.49. The van der Waals surface area contributed by atoms with Crippen LogP contribution in [0.4, 0.5) is 0 Å². The van der Waals surface area contributed by atoms with Gasteiger partial charge in [0, 0.05) is 23.4 Å². The molecule has 0 unspecified atom stereocenters. The van der Waals surface area contributed by atoms with E-state index >= 15 is 0 Å². The molecule has 1 aliphatic rings. The van der Waals surface area contributed by atoms with Crippen LogP contribution in [0, 0.1) is 11.3 Å². The number of hydrogen-bond acceptors (Lipinski definition) is 5. The van der Waals surface area contributed by atoms with E-state index in [1.807, 2.05) is 12.1 Å². The van der Waals surface area contributed by atoms with Crippen molar-refractivity contribution in [3.63, 3.8) is 0 Å². The second-order valence-electron chi connectivity index (χ2n) is 5.74. The Bertz CT molecular complexity index is 801. The molecule has 24 heavy (non-hydrogen) atoms. The molecule has 0 saturated heterocycles. The van der Waals surface area contributed by atoms with Gasteiger partial charge in [0.2, 0.25) is 5.75 Å². The lowest BCUT2D eigenvalue weighted by atomic mass is 9.95. The third kappa shape index (κ3) is 2.47. The van der Waals surface area contributed by atoms with Crippen molar-refractivity contribution in [1.82, 2.24) is 4.98 Å². The molecule has 1 aliphatic carbocycles. The Balaban J connectivity index is 2.30. The topological polar surface area (TPSA) is 93.3 Å². The SMILES string of the molecule is COc1ccc(-c2c(CN)[nH]c(C#N)c2C2CC2)c(OC)c1OC. The molecule has 0 atom stereocenters. The van der Waals surface area contributed by atoms with Crippen molar-refractivity contribution in [2.24, 2.45) is 5.73 Å². The molecule has 1 aromatic carbocycles. The first-order valence-electron chi connectivity index (χ1n) is 7.84. The summed E-state index contributed by atoms with van der Waals surface area (Å²) in [6, 6.07) is 6.03. The minimum atomic E-state index is 0.314. The Labute approximate surface area is 141 Å². The number of ether oxygens (including phenoxy) is 3. The molecule has 0 radical (unpaired) electrons. The zero-order valence-corrected chi connectivity index (χ0v) is 14.1. The van der Waals surface area contributed by atoms with Crippen LogP contribution in [-0.4, -0.2) is 26.3 Å². The van der Waals surface area contributed by atoms with Crippen LogP contribution in [0.1, 0.15) is 35.7 Å². The predicted molar refractivity (Wildman–Crippen MR) is 90.5 cm³/mol. The zero-order chi connectivity index (χ0) is 17.3. The highest BCUT2D eigenvalue weighted by atomic mass is 16.5. The molecule has 0 aliphatic heterocycles. The van der Waals surface area contributed by atoms with Crippen molar-refractivity contribution in [3.05, 3.63) is 29.1 Å². The fourth-order valence-corrected chi connectivity index (χ4v) is 3.20. The van der Waals surface area contributed by atoms with Crippen LogP contribution in [-0.2, 0) is 6.54 Å². The summed E-state index contributed by atoms with van der Waals surface area (Å²) >= 11 is 0. The van der Waals surface area contributed by atoms with E-state index in [1.165, 1.54) is 0 Å². The number of benzene rings is 1. The van der Waals surface area contributed by atoms with E-state index in [1.54, 1.807) is 21.3 Å². The molecule has 3 rings (SSSR count). The highest BCUT2D eigenvalue weighted by Crippen LogP contribution is 2.51. The number of rotatable bonds is 6. The van der Waals surface area contributed by atoms with Crippen LogP contribution < -0.4 is 19.9 Å². The van der Waals surface area contributed by atoms with Gasteiger partial charge in [-0.1, -0.05) is 0 Å². The third-order valence-corrected chi connectivity index (χ3v) is 4.39. The predicted octanol–water partition coefficient (Wildman–Crippen LogP) is 2.92. The molecule has 3 N–H and O–H groups in total. The Morgan fingerprint density at radius 3 is 2.38 bits per heavy atom. The molecule has 1 fully saturated rings. The lowest BCUT2D eigenvalue weighted by Crippen LogP contribution is -2.01. The van der Waals surface area contributed by atoms with Crippen LogP contribution in [0.3, 0.4) is 0 Å². The molecule has 1 saturated carbocycles. The summed E-state index contributed by atoms with van der Waals surface area (Å²) in [5.74, 6) is 2.10. The summed E-state index contributed by atoms with van der Waals surface area (Å²) in [6.45, 7) is 0.314. The largest absolute Gasteiger partial charge is 0.493 e. The summed E-state index contributed by atoms with van der Waals surface area (Å²) in [4.78, 5) is 3.17. The molecule has 1 heterocycles. The van der Waals surface area contributed by atoms with Crippen LogP contribution in [0.2, 0.25) is 0 Å². The van der Waals surface area contributed by atoms with E-state index in [9.17, 15) is 5.26 Å². The number of nitriles is 1. The number of nitrogens with zero attached hydrogens (tertiary/aromatic N) is 1. The molecule has 1 aromatic heterocycles. The van der Waals surface area contributed by atoms with Crippen molar-refractivity contribution in [2.45, 2.75) is 25.3 Å². The van der Waals surface area contributed by atoms with Crippen LogP contribution >= 0.6 is 0 Å². The minimum Gasteiger partial charge on any atom is -0.493 e. The van der Waals surface area contributed by atoms with Gasteiger partial charge in [-0.15, -0.1) is 0 Å². The number of hydrogen-bond donors (Lipinski definition) is 2. The Morgan fingerprint density at radius 1 is 1.17 bits per heavy atom. The smallest absolute Gasteiger partial charge is 0.203 e. The maximum absolute atomic E-state index is 9.49. The third-order valence-electron chi connectivity index (χ3n) is 4.39. The highest BCUT2D eigenvalue weighted by Gasteiger charge is 2.34. The fourth-order valence-electron chi connectivity index (χ4n) is 3.20. The molecule has 6 nitrogen and oxygen atoms in total. The summed E-state index contributed by atoms with van der Waals surface area (Å²) in [7, 11) is 4.76. The number of methoxy groups -OCH3 is 3. The molecular formula is C18H21N3O3. The Hall–Kier alpha value is -2.65. The van der Waals surface area contributed by atoms with Crippen molar-refractivity contribution in [3.8, 4) is 34.4 Å². The number of aromatic amines is 1. The van der Waals surface area contributed by atoms with Gasteiger partial charge in [0.05, 0.1) is 21.3 Å². The molecule has 126 valence electrons. The van der Waals surface area contributed by atoms with Gasteiger partial charge in [0.15, 0.2) is 11.5 Å². The maximum atomic E-state index is 9.49. The van der Waals surface area contributed by atoms with E-state index in [4.69, 9.17) is 19.9 Å². The quantitative estimate of drug-likeness (QED) is 0.851. The van der Waals surface area contributed by atoms with E-state index < -0.39 is 0 Å². The fraction of sp³-hybridized carbons (Fsp3) is 0.389. The van der Waals surface area contributed by atoms with Crippen LogP contribution in [0.15, 0.2) is 12.1 Å². The number of aromatic nitrogens is 1. The first-order valence-corrected chi connectivity index (χ1v) is 7.84. The zero-order valence-electron chi connectivity index (χ0n) is 14.1. The average Bonchev–Trinajstić information content (AvgIpc) is 3.39. The van der Waals surface area contributed by atoms with Gasteiger partial charge in [-0.25, -0.2) is 0 Å². The Morgan fingerprint density at radius 2 is 1.88 bits per heavy atom.